The Morgan fingerprint density at radius 1 is 1.35 bits per heavy atom. The third-order valence-electron chi connectivity index (χ3n) is 3.66. The fraction of sp³-hybridized carbons (Fsp3) is 0.562. The van der Waals surface area contributed by atoms with Crippen molar-refractivity contribution in [3.63, 3.8) is 0 Å². The minimum absolute atomic E-state index is 0.0923. The van der Waals surface area contributed by atoms with Gasteiger partial charge in [-0.05, 0) is 38.3 Å². The van der Waals surface area contributed by atoms with Crippen LogP contribution < -0.4 is 4.72 Å². The lowest BCUT2D eigenvalue weighted by molar-refractivity contribution is 0.0169. The van der Waals surface area contributed by atoms with Crippen LogP contribution in [0.2, 0.25) is 0 Å². The maximum absolute atomic E-state index is 12.1. The van der Waals surface area contributed by atoms with Crippen LogP contribution in [0.25, 0.3) is 0 Å². The second-order valence-electron chi connectivity index (χ2n) is 5.54. The quantitative estimate of drug-likeness (QED) is 0.547. The molecule has 1 atom stereocenters. The van der Waals surface area contributed by atoms with Gasteiger partial charge in [0.25, 0.3) is 0 Å². The Kier molecular flexibility index (Phi) is 6.71. The van der Waals surface area contributed by atoms with Crippen LogP contribution in [0.3, 0.4) is 0 Å². The highest BCUT2D eigenvalue weighted by Crippen LogP contribution is 2.12. The van der Waals surface area contributed by atoms with Gasteiger partial charge in [0.1, 0.15) is 0 Å². The highest BCUT2D eigenvalue weighted by atomic mass is 32.2. The van der Waals surface area contributed by atoms with E-state index in [1.165, 1.54) is 31.2 Å². The number of ketones is 1. The van der Waals surface area contributed by atoms with E-state index in [1.807, 2.05) is 0 Å². The van der Waals surface area contributed by atoms with E-state index in [9.17, 15) is 13.2 Å². The second-order valence-corrected chi connectivity index (χ2v) is 7.31. The molecule has 2 rings (SSSR count). The number of rotatable bonds is 9. The molecule has 1 N–H and O–H groups in total. The van der Waals surface area contributed by atoms with Crippen LogP contribution in [0.15, 0.2) is 29.2 Å². The molecule has 6 nitrogen and oxygen atoms in total. The van der Waals surface area contributed by atoms with E-state index in [0.717, 1.165) is 19.4 Å². The Balaban J connectivity index is 1.70. The van der Waals surface area contributed by atoms with Crippen LogP contribution in [-0.4, -0.2) is 46.7 Å². The molecule has 0 aromatic heterocycles. The molecule has 0 saturated carbocycles. The number of ether oxygens (including phenoxy) is 2. The minimum Gasteiger partial charge on any atom is -0.379 e. The smallest absolute Gasteiger partial charge is 0.240 e. The Hall–Kier alpha value is -1.28. The Bertz CT molecular complexity index is 606. The van der Waals surface area contributed by atoms with Crippen molar-refractivity contribution in [2.45, 2.75) is 37.2 Å². The molecule has 128 valence electrons. The van der Waals surface area contributed by atoms with Crippen LogP contribution >= 0.6 is 0 Å². The Morgan fingerprint density at radius 3 is 2.70 bits per heavy atom. The fourth-order valence-electron chi connectivity index (χ4n) is 2.32. The third-order valence-corrected chi connectivity index (χ3v) is 5.13. The lowest BCUT2D eigenvalue weighted by Crippen LogP contribution is -2.26. The minimum atomic E-state index is -3.55. The van der Waals surface area contributed by atoms with Gasteiger partial charge in [0.05, 0.1) is 17.6 Å². The summed E-state index contributed by atoms with van der Waals surface area (Å²) in [6.07, 6.45) is 2.89. The summed E-state index contributed by atoms with van der Waals surface area (Å²) >= 11 is 0. The summed E-state index contributed by atoms with van der Waals surface area (Å²) in [5, 5.41) is 0. The van der Waals surface area contributed by atoms with Gasteiger partial charge in [-0.25, -0.2) is 13.1 Å². The normalized spacial score (nSPS) is 18.2. The topological polar surface area (TPSA) is 81.7 Å². The van der Waals surface area contributed by atoms with Crippen molar-refractivity contribution in [1.29, 1.82) is 0 Å². The van der Waals surface area contributed by atoms with Gasteiger partial charge in [0.15, 0.2) is 5.78 Å². The second kappa shape index (κ2) is 8.54. The molecule has 1 aromatic carbocycles. The summed E-state index contributed by atoms with van der Waals surface area (Å²) in [7, 11) is -3.55. The summed E-state index contributed by atoms with van der Waals surface area (Å²) in [5.41, 5.74) is 0.492. The van der Waals surface area contributed by atoms with Gasteiger partial charge in [-0.3, -0.25) is 4.79 Å². The monoisotopic (exact) mass is 341 g/mol. The highest BCUT2D eigenvalue weighted by molar-refractivity contribution is 7.89. The van der Waals surface area contributed by atoms with Gasteiger partial charge in [-0.2, -0.15) is 0 Å². The molecule has 0 amide bonds. The van der Waals surface area contributed by atoms with E-state index in [1.54, 1.807) is 0 Å². The molecule has 23 heavy (non-hydrogen) atoms. The molecule has 7 heteroatoms. The van der Waals surface area contributed by atoms with Crippen LogP contribution in [0.1, 0.15) is 36.5 Å². The maximum Gasteiger partial charge on any atom is 0.240 e. The zero-order valence-electron chi connectivity index (χ0n) is 13.3. The fourth-order valence-corrected chi connectivity index (χ4v) is 3.40. The maximum atomic E-state index is 12.1. The van der Waals surface area contributed by atoms with Crippen molar-refractivity contribution in [2.75, 3.05) is 26.4 Å². The molecule has 1 fully saturated rings. The first-order valence-electron chi connectivity index (χ1n) is 7.79. The summed E-state index contributed by atoms with van der Waals surface area (Å²) in [4.78, 5) is 11.3. The average Bonchev–Trinajstić information content (AvgIpc) is 3.04. The number of carbonyl (C=O) groups is 1. The van der Waals surface area contributed by atoms with E-state index < -0.39 is 10.0 Å². The molecule has 1 aliphatic heterocycles. The van der Waals surface area contributed by atoms with E-state index >= 15 is 0 Å². The van der Waals surface area contributed by atoms with E-state index in [-0.39, 0.29) is 16.8 Å². The first-order valence-corrected chi connectivity index (χ1v) is 9.27. The van der Waals surface area contributed by atoms with Crippen LogP contribution in [-0.2, 0) is 19.5 Å². The molecule has 1 unspecified atom stereocenters. The molecule has 0 bridgehead atoms. The van der Waals surface area contributed by atoms with Crippen molar-refractivity contribution in [2.24, 2.45) is 0 Å². The number of hydrogen-bond acceptors (Lipinski definition) is 5. The van der Waals surface area contributed by atoms with Crippen LogP contribution in [0, 0.1) is 0 Å². The molecule has 1 heterocycles. The van der Waals surface area contributed by atoms with Crippen LogP contribution in [0.4, 0.5) is 0 Å². The predicted molar refractivity (Wildman–Crippen MR) is 86.0 cm³/mol. The molecular formula is C16H23NO5S. The number of Topliss-reactive ketones (excluding diaryl/α,β-unsaturated/α-hetero) is 1. The standard InChI is InChI=1S/C16H23NO5S/c1-13(18)14-5-7-16(8-6-14)23(19,20)17-9-3-10-21-12-15-4-2-11-22-15/h5-8,15,17H,2-4,9-12H2,1H3. The lowest BCUT2D eigenvalue weighted by Gasteiger charge is -2.10. The molecular weight excluding hydrogens is 318 g/mol. The van der Waals surface area contributed by atoms with Gasteiger partial charge < -0.3 is 9.47 Å². The van der Waals surface area contributed by atoms with Gasteiger partial charge in [0.2, 0.25) is 10.0 Å². The largest absolute Gasteiger partial charge is 0.379 e. The first-order chi connectivity index (χ1) is 11.0. The SMILES string of the molecule is CC(=O)c1ccc(S(=O)(=O)NCCCOCC2CCCO2)cc1. The highest BCUT2D eigenvalue weighted by Gasteiger charge is 2.16. The Labute approximate surface area is 137 Å². The Morgan fingerprint density at radius 2 is 2.09 bits per heavy atom. The lowest BCUT2D eigenvalue weighted by atomic mass is 10.2. The molecule has 1 saturated heterocycles. The molecule has 0 aliphatic carbocycles. The molecule has 1 aliphatic rings. The third kappa shape index (κ3) is 5.69. The van der Waals surface area contributed by atoms with E-state index in [0.29, 0.717) is 31.7 Å². The zero-order valence-corrected chi connectivity index (χ0v) is 14.1. The number of benzene rings is 1. The summed E-state index contributed by atoms with van der Waals surface area (Å²) in [6, 6.07) is 5.91. The van der Waals surface area contributed by atoms with E-state index in [2.05, 4.69) is 4.72 Å². The summed E-state index contributed by atoms with van der Waals surface area (Å²) < 4.78 is 37.6. The van der Waals surface area contributed by atoms with Crippen molar-refractivity contribution in [3.05, 3.63) is 29.8 Å². The summed E-state index contributed by atoms with van der Waals surface area (Å²) in [6.45, 7) is 3.61. The first kappa shape index (κ1) is 18.1. The van der Waals surface area contributed by atoms with Gasteiger partial charge in [-0.15, -0.1) is 0 Å². The number of hydrogen-bond donors (Lipinski definition) is 1. The average molecular weight is 341 g/mol. The number of sulfonamides is 1. The molecule has 1 aromatic rings. The van der Waals surface area contributed by atoms with Gasteiger partial charge >= 0.3 is 0 Å². The zero-order chi connectivity index (χ0) is 16.7. The van der Waals surface area contributed by atoms with Crippen LogP contribution in [0.5, 0.6) is 0 Å². The van der Waals surface area contributed by atoms with E-state index in [4.69, 9.17) is 9.47 Å². The van der Waals surface area contributed by atoms with Gasteiger partial charge in [0, 0.05) is 25.3 Å². The van der Waals surface area contributed by atoms with Crippen molar-refractivity contribution in [3.8, 4) is 0 Å². The molecule has 0 radical (unpaired) electrons. The van der Waals surface area contributed by atoms with Crippen molar-refractivity contribution >= 4 is 15.8 Å². The summed E-state index contributed by atoms with van der Waals surface area (Å²) in [5.74, 6) is -0.0923. The predicted octanol–water partition coefficient (Wildman–Crippen LogP) is 1.75. The number of nitrogens with one attached hydrogen (secondary N) is 1. The molecule has 0 spiro atoms. The van der Waals surface area contributed by atoms with Gasteiger partial charge in [-0.1, -0.05) is 12.1 Å². The van der Waals surface area contributed by atoms with Crippen molar-refractivity contribution in [1.82, 2.24) is 4.72 Å². The van der Waals surface area contributed by atoms with Crippen molar-refractivity contribution < 1.29 is 22.7 Å². The number of carbonyl (C=O) groups excluding carboxylic acids is 1.